The van der Waals surface area contributed by atoms with Crippen molar-refractivity contribution >= 4 is 23.7 Å². The van der Waals surface area contributed by atoms with E-state index in [0.717, 1.165) is 29.7 Å². The summed E-state index contributed by atoms with van der Waals surface area (Å²) in [7, 11) is 2.98. The van der Waals surface area contributed by atoms with Gasteiger partial charge in [0.15, 0.2) is 11.5 Å². The second kappa shape index (κ2) is 11.3. The van der Waals surface area contributed by atoms with Crippen LogP contribution in [0, 0.1) is 0 Å². The van der Waals surface area contributed by atoms with Crippen molar-refractivity contribution in [3.63, 3.8) is 0 Å². The lowest BCUT2D eigenvalue weighted by molar-refractivity contribution is -0.136. The van der Waals surface area contributed by atoms with Gasteiger partial charge in [0.1, 0.15) is 12.6 Å². The average molecular weight is 495 g/mol. The molecule has 4 rings (SSSR count). The Morgan fingerprint density at radius 2 is 1.94 bits per heavy atom. The number of hydrogen-bond acceptors (Lipinski definition) is 8. The minimum Gasteiger partial charge on any atom is -0.493 e. The molecule has 0 saturated heterocycles. The molecular formula is C26H30N4O4S. The van der Waals surface area contributed by atoms with Crippen LogP contribution in [0.1, 0.15) is 43.9 Å². The van der Waals surface area contributed by atoms with Gasteiger partial charge in [0.2, 0.25) is 11.1 Å². The van der Waals surface area contributed by atoms with Gasteiger partial charge < -0.3 is 19.5 Å². The number of thioether (sulfide) groups is 1. The monoisotopic (exact) mass is 494 g/mol. The van der Waals surface area contributed by atoms with Crippen molar-refractivity contribution in [1.29, 1.82) is 0 Å². The average Bonchev–Trinajstić information content (AvgIpc) is 3.29. The molecule has 9 heteroatoms. The molecule has 1 unspecified atom stereocenters. The van der Waals surface area contributed by atoms with Crippen LogP contribution in [0.15, 0.2) is 65.0 Å². The summed E-state index contributed by atoms with van der Waals surface area (Å²) < 4.78 is 18.5. The molecule has 8 nitrogen and oxygen atoms in total. The van der Waals surface area contributed by atoms with E-state index < -0.39 is 12.0 Å². The number of esters is 1. The summed E-state index contributed by atoms with van der Waals surface area (Å²) in [6.07, 6.45) is 2.19. The number of benzene rings is 2. The zero-order valence-corrected chi connectivity index (χ0v) is 21.2. The number of methoxy groups -OCH3 is 2. The number of unbranched alkanes of at least 4 members (excludes halogenated alkanes) is 1. The molecule has 0 saturated carbocycles. The first-order valence-electron chi connectivity index (χ1n) is 11.6. The van der Waals surface area contributed by atoms with Crippen molar-refractivity contribution in [2.45, 2.75) is 44.5 Å². The summed E-state index contributed by atoms with van der Waals surface area (Å²) in [5, 5.41) is 8.61. The Balaban J connectivity index is 1.69. The molecule has 2 aromatic carbocycles. The Hall–Kier alpha value is -3.46. The van der Waals surface area contributed by atoms with Crippen LogP contribution in [-0.4, -0.2) is 40.7 Å². The number of carbonyl (C=O) groups is 1. The summed E-state index contributed by atoms with van der Waals surface area (Å²) in [5.41, 5.74) is 3.01. The molecule has 0 bridgehead atoms. The minimum atomic E-state index is -0.524. The lowest BCUT2D eigenvalue weighted by Gasteiger charge is -2.28. The number of allylic oxidation sites excluding steroid dienone is 1. The van der Waals surface area contributed by atoms with Crippen LogP contribution >= 0.6 is 11.8 Å². The fourth-order valence-corrected chi connectivity index (χ4v) is 4.80. The molecule has 1 aliphatic rings. The van der Waals surface area contributed by atoms with E-state index in [2.05, 4.69) is 17.2 Å². The maximum absolute atomic E-state index is 12.8. The number of fused-ring (bicyclic) bond motifs is 1. The minimum absolute atomic E-state index is 0.419. The van der Waals surface area contributed by atoms with Crippen molar-refractivity contribution in [3.8, 4) is 11.5 Å². The van der Waals surface area contributed by atoms with Gasteiger partial charge in [-0.25, -0.2) is 9.48 Å². The van der Waals surface area contributed by atoms with Gasteiger partial charge in [0, 0.05) is 11.4 Å². The Morgan fingerprint density at radius 3 is 2.66 bits per heavy atom. The number of carbonyl (C=O) groups excluding carboxylic acids is 1. The van der Waals surface area contributed by atoms with E-state index in [9.17, 15) is 4.79 Å². The molecule has 1 atom stereocenters. The summed E-state index contributed by atoms with van der Waals surface area (Å²) in [6, 6.07) is 15.1. The predicted octanol–water partition coefficient (Wildman–Crippen LogP) is 5.22. The highest BCUT2D eigenvalue weighted by Gasteiger charge is 2.35. The van der Waals surface area contributed by atoms with Crippen LogP contribution in [0.5, 0.6) is 11.5 Å². The van der Waals surface area contributed by atoms with Crippen molar-refractivity contribution in [2.24, 2.45) is 0 Å². The van der Waals surface area contributed by atoms with Crippen molar-refractivity contribution in [2.75, 3.05) is 25.3 Å². The van der Waals surface area contributed by atoms with Gasteiger partial charge in [-0.2, -0.15) is 4.98 Å². The number of nitrogens with one attached hydrogen (secondary N) is 1. The topological polar surface area (TPSA) is 87.5 Å². The standard InChI is InChI=1S/C26H30N4O4S/c1-5-6-14-35-26-28-25-27-17(2)22(24(31)33-4)23(30(25)29-26)19-12-13-20(21(15-19)32-3)34-16-18-10-8-7-9-11-18/h7-13,15,23H,5-6,14,16H2,1-4H3,(H,27,28,29). The van der Waals surface area contributed by atoms with Gasteiger partial charge in [0.05, 0.1) is 19.8 Å². The highest BCUT2D eigenvalue weighted by Crippen LogP contribution is 2.40. The molecule has 0 spiro atoms. The molecular weight excluding hydrogens is 464 g/mol. The normalized spacial score (nSPS) is 14.8. The van der Waals surface area contributed by atoms with E-state index in [1.807, 2.05) is 55.5 Å². The SMILES string of the molecule is CCCCSc1nc2n(n1)C(c1ccc(OCc3ccccc3)c(OC)c1)C(C(=O)OC)=C(C)N2. The van der Waals surface area contributed by atoms with Gasteiger partial charge in [0.25, 0.3) is 0 Å². The summed E-state index contributed by atoms with van der Waals surface area (Å²) in [4.78, 5) is 17.5. The lowest BCUT2D eigenvalue weighted by Crippen LogP contribution is -2.29. The lowest BCUT2D eigenvalue weighted by atomic mass is 9.95. The van der Waals surface area contributed by atoms with Crippen molar-refractivity contribution < 1.29 is 19.0 Å². The summed E-state index contributed by atoms with van der Waals surface area (Å²) >= 11 is 1.60. The molecule has 3 aromatic rings. The third-order valence-corrected chi connectivity index (χ3v) is 6.63. The van der Waals surface area contributed by atoms with E-state index in [0.29, 0.717) is 40.5 Å². The fraction of sp³-hybridized carbons (Fsp3) is 0.346. The van der Waals surface area contributed by atoms with Gasteiger partial charge in [-0.3, -0.25) is 0 Å². The Kier molecular flexibility index (Phi) is 7.97. The van der Waals surface area contributed by atoms with Gasteiger partial charge >= 0.3 is 5.97 Å². The van der Waals surface area contributed by atoms with Crippen LogP contribution < -0.4 is 14.8 Å². The molecule has 1 N–H and O–H groups in total. The smallest absolute Gasteiger partial charge is 0.338 e. The zero-order chi connectivity index (χ0) is 24.8. The number of anilines is 1. The van der Waals surface area contributed by atoms with E-state index in [1.54, 1.807) is 23.6 Å². The first-order valence-corrected chi connectivity index (χ1v) is 12.5. The van der Waals surface area contributed by atoms with E-state index in [1.165, 1.54) is 7.11 Å². The number of ether oxygens (including phenoxy) is 3. The highest BCUT2D eigenvalue weighted by atomic mass is 32.2. The zero-order valence-electron chi connectivity index (χ0n) is 20.4. The highest BCUT2D eigenvalue weighted by molar-refractivity contribution is 7.99. The van der Waals surface area contributed by atoms with E-state index >= 15 is 0 Å². The van der Waals surface area contributed by atoms with Crippen LogP contribution in [0.25, 0.3) is 0 Å². The molecule has 2 heterocycles. The predicted molar refractivity (Wildman–Crippen MR) is 136 cm³/mol. The second-order valence-corrected chi connectivity index (χ2v) is 9.17. The van der Waals surface area contributed by atoms with Crippen LogP contribution in [0.3, 0.4) is 0 Å². The van der Waals surface area contributed by atoms with Gasteiger partial charge in [-0.1, -0.05) is 61.5 Å². The molecule has 1 aliphatic heterocycles. The molecule has 0 amide bonds. The number of rotatable bonds is 10. The number of nitrogens with zero attached hydrogens (tertiary/aromatic N) is 3. The van der Waals surface area contributed by atoms with Gasteiger partial charge in [-0.15, -0.1) is 5.10 Å². The first kappa shape index (κ1) is 24.7. The van der Waals surface area contributed by atoms with Crippen LogP contribution in [-0.2, 0) is 16.1 Å². The fourth-order valence-electron chi connectivity index (χ4n) is 3.89. The third kappa shape index (κ3) is 5.45. The first-order chi connectivity index (χ1) is 17.0. The van der Waals surface area contributed by atoms with Crippen molar-refractivity contribution in [1.82, 2.24) is 14.8 Å². The Bertz CT molecular complexity index is 1210. The maximum Gasteiger partial charge on any atom is 0.338 e. The maximum atomic E-state index is 12.8. The second-order valence-electron chi connectivity index (χ2n) is 8.11. The number of aromatic nitrogens is 3. The van der Waals surface area contributed by atoms with Crippen molar-refractivity contribution in [3.05, 3.63) is 70.9 Å². The molecule has 0 aliphatic carbocycles. The van der Waals surface area contributed by atoms with Gasteiger partial charge in [-0.05, 0) is 36.6 Å². The quantitative estimate of drug-likeness (QED) is 0.233. The molecule has 0 fully saturated rings. The summed E-state index contributed by atoms with van der Waals surface area (Å²) in [6.45, 7) is 4.41. The van der Waals surface area contributed by atoms with E-state index in [4.69, 9.17) is 19.3 Å². The molecule has 1 aromatic heterocycles. The molecule has 0 radical (unpaired) electrons. The molecule has 35 heavy (non-hydrogen) atoms. The summed E-state index contributed by atoms with van der Waals surface area (Å²) in [5.74, 6) is 2.27. The number of hydrogen-bond donors (Lipinski definition) is 1. The van der Waals surface area contributed by atoms with Crippen LogP contribution in [0.4, 0.5) is 5.95 Å². The van der Waals surface area contributed by atoms with Crippen LogP contribution in [0.2, 0.25) is 0 Å². The largest absolute Gasteiger partial charge is 0.493 e. The Morgan fingerprint density at radius 1 is 1.14 bits per heavy atom. The Labute approximate surface area is 209 Å². The third-order valence-electron chi connectivity index (χ3n) is 5.71. The van der Waals surface area contributed by atoms with E-state index in [-0.39, 0.29) is 0 Å². The molecule has 184 valence electrons.